The minimum atomic E-state index is -4.98. The topological polar surface area (TPSA) is 237 Å². The lowest BCUT2D eigenvalue weighted by atomic mass is 10.1. The largest absolute Gasteiger partial charge is 0.472 e. The number of phosphoric acid groups is 2. The summed E-state index contributed by atoms with van der Waals surface area (Å²) in [7, 11) is -9.93. The minimum Gasteiger partial charge on any atom is -0.462 e. The summed E-state index contributed by atoms with van der Waals surface area (Å²) in [6, 6.07) is 0. The summed E-state index contributed by atoms with van der Waals surface area (Å²) in [6.07, 6.45) is 49.1. The fourth-order valence-corrected chi connectivity index (χ4v) is 9.31. The number of aliphatic hydroxyl groups is 1. The lowest BCUT2D eigenvalue weighted by Crippen LogP contribution is -2.30. The van der Waals surface area contributed by atoms with Gasteiger partial charge < -0.3 is 33.8 Å². The van der Waals surface area contributed by atoms with Crippen molar-refractivity contribution in [1.29, 1.82) is 0 Å². The summed E-state index contributed by atoms with van der Waals surface area (Å²) in [5.74, 6) is -2.39. The zero-order valence-electron chi connectivity index (χ0n) is 50.2. The molecule has 0 amide bonds. The average molecular weight is 1190 g/mol. The third-order valence-electron chi connectivity index (χ3n) is 12.5. The summed E-state index contributed by atoms with van der Waals surface area (Å²) < 4.78 is 67.4. The average Bonchev–Trinajstić information content (AvgIpc) is 3.44. The van der Waals surface area contributed by atoms with Gasteiger partial charge in [-0.25, -0.2) is 9.13 Å². The molecule has 3 N–H and O–H groups in total. The number of rotatable bonds is 57. The summed E-state index contributed by atoms with van der Waals surface area (Å²) in [6.45, 7) is 4.41. The molecule has 19 heteroatoms. The van der Waals surface area contributed by atoms with Gasteiger partial charge in [0.25, 0.3) is 0 Å². The third kappa shape index (κ3) is 55.5. The van der Waals surface area contributed by atoms with Crippen molar-refractivity contribution in [3.05, 3.63) is 72.9 Å². The number of allylic oxidation sites excluding steroid dienone is 11. The van der Waals surface area contributed by atoms with Gasteiger partial charge in [-0.15, -0.1) is 0 Å². The van der Waals surface area contributed by atoms with Gasteiger partial charge in [0, 0.05) is 19.3 Å². The summed E-state index contributed by atoms with van der Waals surface area (Å²) in [4.78, 5) is 71.7. The van der Waals surface area contributed by atoms with Crippen LogP contribution in [0.3, 0.4) is 0 Å². The maximum absolute atomic E-state index is 12.9. The van der Waals surface area contributed by atoms with Gasteiger partial charge in [-0.05, 0) is 83.5 Å². The van der Waals surface area contributed by atoms with E-state index >= 15 is 0 Å². The van der Waals surface area contributed by atoms with E-state index in [0.29, 0.717) is 25.7 Å². The Morgan fingerprint density at radius 2 is 0.765 bits per heavy atom. The second kappa shape index (κ2) is 55.7. The highest BCUT2D eigenvalue weighted by molar-refractivity contribution is 7.47. The number of unbranched alkanes of at least 4 members (excludes halogenated alkanes) is 21. The molecule has 0 bridgehead atoms. The van der Waals surface area contributed by atoms with E-state index in [0.717, 1.165) is 109 Å². The molecule has 0 saturated heterocycles. The highest BCUT2D eigenvalue weighted by atomic mass is 31.2. The number of esters is 4. The van der Waals surface area contributed by atoms with Crippen LogP contribution in [0.2, 0.25) is 0 Å². The monoisotopic (exact) mass is 1190 g/mol. The Kier molecular flexibility index (Phi) is 53.3. The number of ether oxygens (including phenoxy) is 4. The molecule has 0 heterocycles. The van der Waals surface area contributed by atoms with Crippen LogP contribution >= 0.6 is 15.6 Å². The quantitative estimate of drug-likeness (QED) is 0.0128. The molecule has 0 aliphatic heterocycles. The molecule has 0 fully saturated rings. The number of phosphoric ester groups is 2. The molecule has 0 radical (unpaired) electrons. The van der Waals surface area contributed by atoms with Crippen molar-refractivity contribution >= 4 is 39.5 Å². The van der Waals surface area contributed by atoms with Crippen LogP contribution < -0.4 is 0 Å². The summed E-state index contributed by atoms with van der Waals surface area (Å²) in [5.41, 5.74) is 0. The zero-order chi connectivity index (χ0) is 59.8. The number of hydrogen-bond acceptors (Lipinski definition) is 15. The first-order valence-corrected chi connectivity index (χ1v) is 33.7. The van der Waals surface area contributed by atoms with E-state index in [1.54, 1.807) is 6.08 Å². The fraction of sp³-hybridized carbons (Fsp3) is 0.742. The fourth-order valence-electron chi connectivity index (χ4n) is 7.73. The Morgan fingerprint density at radius 1 is 0.383 bits per heavy atom. The molecule has 5 atom stereocenters. The molecule has 0 spiro atoms. The molecule has 0 rings (SSSR count). The van der Waals surface area contributed by atoms with Crippen molar-refractivity contribution in [3.63, 3.8) is 0 Å². The van der Waals surface area contributed by atoms with E-state index in [4.69, 9.17) is 37.0 Å². The number of aliphatic hydroxyl groups excluding tert-OH is 1. The first-order valence-electron chi connectivity index (χ1n) is 30.7. The van der Waals surface area contributed by atoms with E-state index in [-0.39, 0.29) is 25.7 Å². The molecule has 0 aromatic heterocycles. The molecule has 468 valence electrons. The van der Waals surface area contributed by atoms with Crippen molar-refractivity contribution in [2.24, 2.45) is 0 Å². The van der Waals surface area contributed by atoms with E-state index in [9.17, 15) is 43.2 Å². The predicted octanol–water partition coefficient (Wildman–Crippen LogP) is 15.8. The van der Waals surface area contributed by atoms with Gasteiger partial charge in [-0.1, -0.05) is 203 Å². The van der Waals surface area contributed by atoms with Gasteiger partial charge in [0.15, 0.2) is 12.2 Å². The normalized spacial score (nSPS) is 14.8. The van der Waals surface area contributed by atoms with Crippen molar-refractivity contribution in [2.45, 2.75) is 258 Å². The first-order chi connectivity index (χ1) is 39.2. The van der Waals surface area contributed by atoms with Crippen LogP contribution in [0.15, 0.2) is 72.9 Å². The van der Waals surface area contributed by atoms with Crippen LogP contribution in [0.5, 0.6) is 0 Å². The number of hydrogen-bond donors (Lipinski definition) is 3. The third-order valence-corrected chi connectivity index (χ3v) is 14.4. The molecule has 0 aromatic carbocycles. The summed E-state index contributed by atoms with van der Waals surface area (Å²) in [5, 5.41) is 10.5. The molecule has 0 saturated carbocycles. The lowest BCUT2D eigenvalue weighted by molar-refractivity contribution is -0.161. The molecule has 2 unspecified atom stereocenters. The molecule has 0 aliphatic rings. The van der Waals surface area contributed by atoms with E-state index in [1.165, 1.54) is 51.4 Å². The Labute approximate surface area is 488 Å². The van der Waals surface area contributed by atoms with Crippen LogP contribution in [0, 0.1) is 0 Å². The van der Waals surface area contributed by atoms with E-state index in [2.05, 4.69) is 58.1 Å². The maximum Gasteiger partial charge on any atom is 0.472 e. The standard InChI is InChI=1S/C62H108O17P2/c1-5-9-13-17-21-24-27-30-33-36-40-43-47-60(65)72-52-57(78-61(66)48-44-38-20-16-12-8-4)54-76-80(68,69)74-50-56(63)51-75-81(70,71)77-55-58(53-73-59(64)46-42-39-35-32-29-26-23-19-15-11-7-3)79-62(67)49-45-41-37-34-31-28-25-22-18-14-10-6-2/h10,14,18,21-22,24,28,31,35,39,41,45,56-58,63H,5-9,11-13,15-17,19-20,23,25-27,29-30,32-34,36-38,40,42-44,46-55H2,1-4H3,(H,68,69)(H,70,71)/b14-10-,22-18-,24-21+,31-28?,39-35-,45-41+/t56-,57+,58+/m0/s1. The van der Waals surface area contributed by atoms with Crippen molar-refractivity contribution in [3.8, 4) is 0 Å². The molecule has 0 aromatic rings. The smallest absolute Gasteiger partial charge is 0.462 e. The SMILES string of the molecule is CC/C=C\C=C/CC=CCC/C=C/CC(=O)O[C@H](COC(=O)CC/C=C\CCCCCCCCC)COP(=O)(O)OC[C@@H](O)COP(=O)(O)OC[C@@H](COC(=O)CCCCCCC/C=C/CCCCC)OC(=O)CCCCCCCC. The van der Waals surface area contributed by atoms with Gasteiger partial charge in [0.2, 0.25) is 0 Å². The van der Waals surface area contributed by atoms with Crippen LogP contribution in [-0.2, 0) is 65.4 Å². The Bertz CT molecular complexity index is 1850. The zero-order valence-corrected chi connectivity index (χ0v) is 52.0. The van der Waals surface area contributed by atoms with Gasteiger partial charge in [0.05, 0.1) is 32.8 Å². The highest BCUT2D eigenvalue weighted by Crippen LogP contribution is 2.45. The van der Waals surface area contributed by atoms with Gasteiger partial charge in [-0.3, -0.25) is 37.3 Å². The second-order valence-corrected chi connectivity index (χ2v) is 23.2. The lowest BCUT2D eigenvalue weighted by Gasteiger charge is -2.21. The molecule has 17 nitrogen and oxygen atoms in total. The van der Waals surface area contributed by atoms with E-state index in [1.807, 2.05) is 36.5 Å². The second-order valence-electron chi connectivity index (χ2n) is 20.3. The Morgan fingerprint density at radius 3 is 1.28 bits per heavy atom. The Hall–Kier alpha value is -3.50. The highest BCUT2D eigenvalue weighted by Gasteiger charge is 2.30. The number of carbonyl (C=O) groups is 4. The van der Waals surface area contributed by atoms with Crippen molar-refractivity contribution in [2.75, 3.05) is 39.6 Å². The van der Waals surface area contributed by atoms with Crippen LogP contribution in [0.4, 0.5) is 0 Å². The summed E-state index contributed by atoms with van der Waals surface area (Å²) >= 11 is 0. The first kappa shape index (κ1) is 77.5. The van der Waals surface area contributed by atoms with Crippen molar-refractivity contribution in [1.82, 2.24) is 0 Å². The maximum atomic E-state index is 12.9. The number of carbonyl (C=O) groups excluding carboxylic acids is 4. The van der Waals surface area contributed by atoms with Crippen LogP contribution in [0.25, 0.3) is 0 Å². The van der Waals surface area contributed by atoms with Crippen LogP contribution in [0.1, 0.15) is 240 Å². The molecule has 0 aliphatic carbocycles. The van der Waals surface area contributed by atoms with E-state index < -0.39 is 97.5 Å². The van der Waals surface area contributed by atoms with Crippen molar-refractivity contribution < 1.29 is 80.2 Å². The van der Waals surface area contributed by atoms with Crippen LogP contribution in [-0.4, -0.2) is 96.7 Å². The van der Waals surface area contributed by atoms with Gasteiger partial charge in [0.1, 0.15) is 19.3 Å². The minimum absolute atomic E-state index is 0.0624. The molecular formula is C62H108O17P2. The Balaban J connectivity index is 5.30. The molecule has 81 heavy (non-hydrogen) atoms. The molecular weight excluding hydrogens is 1080 g/mol. The van der Waals surface area contributed by atoms with Gasteiger partial charge in [-0.2, -0.15) is 0 Å². The van der Waals surface area contributed by atoms with Gasteiger partial charge >= 0.3 is 39.5 Å². The predicted molar refractivity (Wildman–Crippen MR) is 321 cm³/mol.